The molecule has 7 nitrogen and oxygen atoms in total. The lowest BCUT2D eigenvalue weighted by molar-refractivity contribution is -0.227. The number of benzene rings is 1. The van der Waals surface area contributed by atoms with Gasteiger partial charge in [-0.05, 0) is 18.2 Å². The summed E-state index contributed by atoms with van der Waals surface area (Å²) in [4.78, 5) is 1.96. The molecule has 0 spiro atoms. The van der Waals surface area contributed by atoms with Crippen LogP contribution in [-0.4, -0.2) is 48.6 Å². The van der Waals surface area contributed by atoms with Crippen LogP contribution in [0.5, 0.6) is 0 Å². The predicted octanol–water partition coefficient (Wildman–Crippen LogP) is 2.28. The lowest BCUT2D eigenvalue weighted by atomic mass is 9.96. The summed E-state index contributed by atoms with van der Waals surface area (Å²) >= 11 is 0. The number of anilines is 1. The van der Waals surface area contributed by atoms with E-state index in [1.165, 1.54) is 0 Å². The van der Waals surface area contributed by atoms with Crippen molar-refractivity contribution in [1.82, 2.24) is 15.0 Å². The van der Waals surface area contributed by atoms with E-state index >= 15 is 0 Å². The van der Waals surface area contributed by atoms with Crippen LogP contribution in [0.2, 0.25) is 0 Å². The van der Waals surface area contributed by atoms with Crippen molar-refractivity contribution in [2.24, 2.45) is 5.41 Å². The third kappa shape index (κ3) is 3.98. The Bertz CT molecular complexity index is 781. The normalized spacial score (nSPS) is 17.2. The largest absolute Gasteiger partial charge is 0.377 e. The van der Waals surface area contributed by atoms with Crippen molar-refractivity contribution in [2.45, 2.75) is 26.7 Å². The van der Waals surface area contributed by atoms with Crippen molar-refractivity contribution in [2.75, 3.05) is 32.2 Å². The maximum absolute atomic E-state index is 9.10. The third-order valence-electron chi connectivity index (χ3n) is 4.08. The number of nitriles is 1. The minimum atomic E-state index is -0.308. The molecule has 132 valence electrons. The fraction of sp³-hybridized carbons (Fsp3) is 0.500. The van der Waals surface area contributed by atoms with Gasteiger partial charge in [-0.1, -0.05) is 19.1 Å². The molecule has 3 rings (SSSR count). The molecule has 1 fully saturated rings. The maximum Gasteiger partial charge on any atom is 0.177 e. The van der Waals surface area contributed by atoms with Gasteiger partial charge in [0.1, 0.15) is 5.69 Å². The number of ether oxygens (including phenoxy) is 2. The van der Waals surface area contributed by atoms with Gasteiger partial charge in [0, 0.05) is 30.8 Å². The fourth-order valence-electron chi connectivity index (χ4n) is 2.68. The quantitative estimate of drug-likeness (QED) is 0.849. The van der Waals surface area contributed by atoms with Gasteiger partial charge in [0.2, 0.25) is 0 Å². The second kappa shape index (κ2) is 6.82. The van der Waals surface area contributed by atoms with E-state index < -0.39 is 0 Å². The number of hydrogen-bond donors (Lipinski definition) is 0. The van der Waals surface area contributed by atoms with Crippen LogP contribution in [0.25, 0.3) is 11.3 Å². The summed E-state index contributed by atoms with van der Waals surface area (Å²) in [6.07, 6.45) is 1.57. The molecule has 1 aliphatic heterocycles. The molecule has 2 heterocycles. The first kappa shape index (κ1) is 17.4. The average molecular weight is 341 g/mol. The Morgan fingerprint density at radius 3 is 2.68 bits per heavy atom. The van der Waals surface area contributed by atoms with Crippen molar-refractivity contribution in [3.63, 3.8) is 0 Å². The highest BCUT2D eigenvalue weighted by Crippen LogP contribution is 2.29. The second-order valence-electron chi connectivity index (χ2n) is 7.28. The first-order valence-corrected chi connectivity index (χ1v) is 8.23. The molecule has 0 unspecified atom stereocenters. The summed E-state index contributed by atoms with van der Waals surface area (Å²) in [5.41, 5.74) is 3.28. The van der Waals surface area contributed by atoms with Crippen molar-refractivity contribution in [3.05, 3.63) is 30.0 Å². The van der Waals surface area contributed by atoms with Crippen LogP contribution < -0.4 is 4.90 Å². The minimum absolute atomic E-state index is 0.0487. The molecule has 2 aromatic rings. The molecule has 0 bridgehead atoms. The Hall–Kier alpha value is -2.43. The fourth-order valence-corrected chi connectivity index (χ4v) is 2.68. The van der Waals surface area contributed by atoms with E-state index in [-0.39, 0.29) is 11.7 Å². The smallest absolute Gasteiger partial charge is 0.177 e. The first-order chi connectivity index (χ1) is 11.9. The number of aromatic nitrogens is 3. The van der Waals surface area contributed by atoms with Gasteiger partial charge in [-0.2, -0.15) is 5.26 Å². The summed E-state index contributed by atoms with van der Waals surface area (Å²) in [6.45, 7) is 6.06. The van der Waals surface area contributed by atoms with E-state index in [1.54, 1.807) is 10.7 Å². The monoisotopic (exact) mass is 341 g/mol. The summed E-state index contributed by atoms with van der Waals surface area (Å²) in [6, 6.07) is 7.71. The van der Waals surface area contributed by atoms with Crippen molar-refractivity contribution < 1.29 is 9.47 Å². The van der Waals surface area contributed by atoms with E-state index in [1.807, 2.05) is 37.3 Å². The van der Waals surface area contributed by atoms with Crippen LogP contribution >= 0.6 is 0 Å². The van der Waals surface area contributed by atoms with Crippen LogP contribution in [0.3, 0.4) is 0 Å². The van der Waals surface area contributed by atoms with Crippen LogP contribution in [0.1, 0.15) is 19.4 Å². The van der Waals surface area contributed by atoms with Gasteiger partial charge in [-0.3, -0.25) is 0 Å². The number of hydrogen-bond acceptors (Lipinski definition) is 6. The van der Waals surface area contributed by atoms with Gasteiger partial charge in [-0.25, -0.2) is 4.68 Å². The molecule has 0 atom stereocenters. The zero-order chi connectivity index (χ0) is 18.0. The molecule has 0 radical (unpaired) electrons. The van der Waals surface area contributed by atoms with Gasteiger partial charge >= 0.3 is 0 Å². The summed E-state index contributed by atoms with van der Waals surface area (Å²) < 4.78 is 13.2. The van der Waals surface area contributed by atoms with E-state index in [4.69, 9.17) is 14.7 Å². The molecule has 0 amide bonds. The molecule has 1 saturated heterocycles. The molecule has 7 heteroatoms. The molecule has 1 aromatic carbocycles. The molecule has 0 N–H and O–H groups in total. The molecule has 0 aliphatic carbocycles. The standard InChI is InChI=1S/C18H23N5O2/c1-18(2)11-24-17(25-12-18)10-23-9-15(20-21-23)14-6-5-13(8-19)7-16(14)22(3)4/h5-7,9,17H,10-12H2,1-4H3. The van der Waals surface area contributed by atoms with Crippen molar-refractivity contribution in [3.8, 4) is 17.3 Å². The molecular formula is C18H23N5O2. The Morgan fingerprint density at radius 1 is 1.32 bits per heavy atom. The number of nitrogens with zero attached hydrogens (tertiary/aromatic N) is 5. The van der Waals surface area contributed by atoms with E-state index in [0.29, 0.717) is 25.3 Å². The lowest BCUT2D eigenvalue weighted by Gasteiger charge is -2.34. The summed E-state index contributed by atoms with van der Waals surface area (Å²) in [5.74, 6) is 0. The first-order valence-electron chi connectivity index (χ1n) is 8.23. The highest BCUT2D eigenvalue weighted by atomic mass is 16.7. The van der Waals surface area contributed by atoms with Gasteiger partial charge in [0.25, 0.3) is 0 Å². The topological polar surface area (TPSA) is 76.2 Å². The maximum atomic E-state index is 9.10. The van der Waals surface area contributed by atoms with Crippen LogP contribution in [-0.2, 0) is 16.0 Å². The molecule has 1 aliphatic rings. The lowest BCUT2D eigenvalue weighted by Crippen LogP contribution is -2.39. The zero-order valence-electron chi connectivity index (χ0n) is 15.1. The Labute approximate surface area is 147 Å². The van der Waals surface area contributed by atoms with E-state index in [2.05, 4.69) is 30.2 Å². The molecular weight excluding hydrogens is 318 g/mol. The highest BCUT2D eigenvalue weighted by Gasteiger charge is 2.28. The number of rotatable bonds is 4. The van der Waals surface area contributed by atoms with Gasteiger partial charge < -0.3 is 14.4 Å². The zero-order valence-corrected chi connectivity index (χ0v) is 15.1. The van der Waals surface area contributed by atoms with E-state index in [9.17, 15) is 0 Å². The van der Waals surface area contributed by atoms with Crippen molar-refractivity contribution >= 4 is 5.69 Å². The SMILES string of the molecule is CN(C)c1cc(C#N)ccc1-c1cn(CC2OCC(C)(C)CO2)nn1. The molecule has 25 heavy (non-hydrogen) atoms. The Kier molecular flexibility index (Phi) is 4.75. The Morgan fingerprint density at radius 2 is 2.04 bits per heavy atom. The minimum Gasteiger partial charge on any atom is -0.377 e. The van der Waals surface area contributed by atoms with Gasteiger partial charge in [0.15, 0.2) is 6.29 Å². The van der Waals surface area contributed by atoms with Gasteiger partial charge in [-0.15, -0.1) is 5.10 Å². The van der Waals surface area contributed by atoms with Crippen molar-refractivity contribution in [1.29, 1.82) is 5.26 Å². The highest BCUT2D eigenvalue weighted by molar-refractivity contribution is 5.76. The molecule has 0 saturated carbocycles. The summed E-state index contributed by atoms with van der Waals surface area (Å²) in [7, 11) is 3.88. The Balaban J connectivity index is 1.77. The second-order valence-corrected chi connectivity index (χ2v) is 7.28. The van der Waals surface area contributed by atoms with Crippen LogP contribution in [0, 0.1) is 16.7 Å². The van der Waals surface area contributed by atoms with Gasteiger partial charge in [0.05, 0.1) is 37.6 Å². The third-order valence-corrected chi connectivity index (χ3v) is 4.08. The summed E-state index contributed by atoms with van der Waals surface area (Å²) in [5, 5.41) is 17.6. The van der Waals surface area contributed by atoms with Crippen LogP contribution in [0.4, 0.5) is 5.69 Å². The molecule has 1 aromatic heterocycles. The van der Waals surface area contributed by atoms with E-state index in [0.717, 1.165) is 16.9 Å². The predicted molar refractivity (Wildman–Crippen MR) is 94.0 cm³/mol. The van der Waals surface area contributed by atoms with Crippen LogP contribution in [0.15, 0.2) is 24.4 Å². The average Bonchev–Trinajstić information content (AvgIpc) is 3.04.